The molecule has 2 fully saturated rings. The van der Waals surface area contributed by atoms with Crippen LogP contribution in [0.4, 0.5) is 0 Å². The van der Waals surface area contributed by atoms with E-state index in [9.17, 15) is 25.5 Å². The third kappa shape index (κ3) is 3.11. The minimum atomic E-state index is -1.47. The van der Waals surface area contributed by atoms with E-state index >= 15 is 0 Å². The van der Waals surface area contributed by atoms with E-state index in [2.05, 4.69) is 0 Å². The average molecular weight is 296 g/mol. The lowest BCUT2D eigenvalue weighted by atomic mass is 10.0. The largest absolute Gasteiger partial charge is 0.388 e. The minimum Gasteiger partial charge on any atom is -0.388 e. The summed E-state index contributed by atoms with van der Waals surface area (Å²) in [6, 6.07) is 0. The molecule has 0 radical (unpaired) electrons. The fourth-order valence-electron chi connectivity index (χ4n) is 2.17. The SMILES string of the molecule is CO[C@H]1OC[C@H](O[C@H]2OC[C@H](O)[C@@H](O)[C@@H]2O)[C@@H](O)[C@@H]1O. The average Bonchev–Trinajstić information content (AvgIpc) is 2.44. The molecule has 2 aliphatic heterocycles. The van der Waals surface area contributed by atoms with Crippen molar-refractivity contribution < 1.29 is 44.5 Å². The molecule has 0 aliphatic carbocycles. The second-order valence-corrected chi connectivity index (χ2v) is 4.84. The van der Waals surface area contributed by atoms with E-state index in [1.54, 1.807) is 0 Å². The van der Waals surface area contributed by atoms with Crippen LogP contribution < -0.4 is 0 Å². The number of methoxy groups -OCH3 is 1. The first-order valence-electron chi connectivity index (χ1n) is 6.27. The molecule has 9 nitrogen and oxygen atoms in total. The van der Waals surface area contributed by atoms with Crippen molar-refractivity contribution in [2.45, 2.75) is 49.2 Å². The maximum absolute atomic E-state index is 9.89. The summed E-state index contributed by atoms with van der Waals surface area (Å²) >= 11 is 0. The van der Waals surface area contributed by atoms with E-state index in [0.29, 0.717) is 0 Å². The molecule has 0 aromatic carbocycles. The number of hydrogen-bond donors (Lipinski definition) is 5. The first-order chi connectivity index (χ1) is 9.45. The topological polar surface area (TPSA) is 138 Å². The van der Waals surface area contributed by atoms with Crippen LogP contribution in [0.2, 0.25) is 0 Å². The Morgan fingerprint density at radius 3 is 2.05 bits per heavy atom. The number of aliphatic hydroxyl groups is 5. The standard InChI is InChI=1S/C11H20O9/c1-17-10-9(16)7(14)5(3-19-10)20-11-8(15)6(13)4(12)2-18-11/h4-16H,2-3H2,1H3/t4-,5-,6+,7+,8-,9-,10-,11+/m0/s1. The van der Waals surface area contributed by atoms with Gasteiger partial charge in [0.15, 0.2) is 12.6 Å². The van der Waals surface area contributed by atoms with Gasteiger partial charge in [0.2, 0.25) is 0 Å². The lowest BCUT2D eigenvalue weighted by Crippen LogP contribution is -2.59. The van der Waals surface area contributed by atoms with E-state index in [4.69, 9.17) is 18.9 Å². The summed E-state index contributed by atoms with van der Waals surface area (Å²) in [6.07, 6.45) is -9.85. The van der Waals surface area contributed by atoms with Gasteiger partial charge in [0.25, 0.3) is 0 Å². The van der Waals surface area contributed by atoms with Gasteiger partial charge in [-0.1, -0.05) is 0 Å². The van der Waals surface area contributed by atoms with Gasteiger partial charge in [-0.05, 0) is 0 Å². The van der Waals surface area contributed by atoms with E-state index in [1.165, 1.54) is 7.11 Å². The Hall–Kier alpha value is -0.360. The van der Waals surface area contributed by atoms with Crippen LogP contribution in [-0.2, 0) is 18.9 Å². The molecule has 2 aliphatic rings. The predicted octanol–water partition coefficient (Wildman–Crippen LogP) is -3.46. The molecular formula is C11H20O9. The summed E-state index contributed by atoms with van der Waals surface area (Å²) in [5.74, 6) is 0. The molecule has 0 spiro atoms. The van der Waals surface area contributed by atoms with Crippen LogP contribution in [0.25, 0.3) is 0 Å². The zero-order valence-electron chi connectivity index (χ0n) is 10.9. The summed E-state index contributed by atoms with van der Waals surface area (Å²) in [4.78, 5) is 0. The predicted molar refractivity (Wildman–Crippen MR) is 61.4 cm³/mol. The number of rotatable bonds is 3. The van der Waals surface area contributed by atoms with Crippen molar-refractivity contribution in [1.82, 2.24) is 0 Å². The molecule has 0 aromatic rings. The van der Waals surface area contributed by atoms with Crippen molar-refractivity contribution in [3.05, 3.63) is 0 Å². The molecule has 20 heavy (non-hydrogen) atoms. The fraction of sp³-hybridized carbons (Fsp3) is 1.00. The Balaban J connectivity index is 1.93. The molecule has 8 atom stereocenters. The Morgan fingerprint density at radius 1 is 0.800 bits per heavy atom. The van der Waals surface area contributed by atoms with Gasteiger partial charge in [0, 0.05) is 7.11 Å². The van der Waals surface area contributed by atoms with Gasteiger partial charge in [-0.15, -0.1) is 0 Å². The quantitative estimate of drug-likeness (QED) is 0.359. The molecule has 0 amide bonds. The van der Waals surface area contributed by atoms with Crippen molar-refractivity contribution in [3.8, 4) is 0 Å². The summed E-state index contributed by atoms with van der Waals surface area (Å²) in [5, 5.41) is 48.2. The smallest absolute Gasteiger partial charge is 0.186 e. The summed E-state index contributed by atoms with van der Waals surface area (Å²) in [5.41, 5.74) is 0. The van der Waals surface area contributed by atoms with E-state index < -0.39 is 49.2 Å². The Morgan fingerprint density at radius 2 is 1.40 bits per heavy atom. The number of hydrogen-bond acceptors (Lipinski definition) is 9. The Bertz CT molecular complexity index is 314. The fourth-order valence-corrected chi connectivity index (χ4v) is 2.17. The van der Waals surface area contributed by atoms with E-state index in [0.717, 1.165) is 0 Å². The maximum atomic E-state index is 9.89. The molecular weight excluding hydrogens is 276 g/mol. The zero-order chi connectivity index (χ0) is 14.9. The van der Waals surface area contributed by atoms with Crippen LogP contribution in [0.3, 0.4) is 0 Å². The van der Waals surface area contributed by atoms with E-state index in [1.807, 2.05) is 0 Å². The molecule has 2 rings (SSSR count). The van der Waals surface area contributed by atoms with Gasteiger partial charge >= 0.3 is 0 Å². The molecule has 118 valence electrons. The van der Waals surface area contributed by atoms with Gasteiger partial charge in [0.1, 0.15) is 36.6 Å². The molecule has 2 heterocycles. The van der Waals surface area contributed by atoms with Crippen molar-refractivity contribution >= 4 is 0 Å². The highest BCUT2D eigenvalue weighted by atomic mass is 16.7. The van der Waals surface area contributed by atoms with Crippen molar-refractivity contribution in [1.29, 1.82) is 0 Å². The highest BCUT2D eigenvalue weighted by Crippen LogP contribution is 2.23. The molecule has 0 bridgehead atoms. The van der Waals surface area contributed by atoms with Crippen LogP contribution in [0.15, 0.2) is 0 Å². The van der Waals surface area contributed by atoms with Gasteiger partial charge in [-0.3, -0.25) is 0 Å². The Labute approximate surface area is 115 Å². The summed E-state index contributed by atoms with van der Waals surface area (Å²) in [7, 11) is 1.33. The molecule has 0 aromatic heterocycles. The second kappa shape index (κ2) is 6.60. The maximum Gasteiger partial charge on any atom is 0.186 e. The summed E-state index contributed by atoms with van der Waals surface area (Å²) in [6.45, 7) is -0.294. The van der Waals surface area contributed by atoms with Gasteiger partial charge < -0.3 is 44.5 Å². The number of aliphatic hydroxyl groups excluding tert-OH is 5. The number of ether oxygens (including phenoxy) is 4. The van der Waals surface area contributed by atoms with Crippen molar-refractivity contribution in [2.24, 2.45) is 0 Å². The third-order valence-electron chi connectivity index (χ3n) is 3.43. The monoisotopic (exact) mass is 296 g/mol. The molecule has 0 saturated carbocycles. The normalized spacial score (nSPS) is 50.1. The van der Waals surface area contributed by atoms with Crippen molar-refractivity contribution in [2.75, 3.05) is 20.3 Å². The van der Waals surface area contributed by atoms with Gasteiger partial charge in [-0.2, -0.15) is 0 Å². The van der Waals surface area contributed by atoms with Crippen LogP contribution >= 0.6 is 0 Å². The molecule has 9 heteroatoms. The van der Waals surface area contributed by atoms with Crippen LogP contribution in [0.5, 0.6) is 0 Å². The van der Waals surface area contributed by atoms with Crippen LogP contribution in [0.1, 0.15) is 0 Å². The van der Waals surface area contributed by atoms with Gasteiger partial charge in [-0.25, -0.2) is 0 Å². The molecule has 2 saturated heterocycles. The summed E-state index contributed by atoms with van der Waals surface area (Å²) < 4.78 is 20.3. The third-order valence-corrected chi connectivity index (χ3v) is 3.43. The second-order valence-electron chi connectivity index (χ2n) is 4.84. The lowest BCUT2D eigenvalue weighted by molar-refractivity contribution is -0.326. The lowest BCUT2D eigenvalue weighted by Gasteiger charge is -2.41. The minimum absolute atomic E-state index is 0.0814. The van der Waals surface area contributed by atoms with E-state index in [-0.39, 0.29) is 13.2 Å². The first-order valence-corrected chi connectivity index (χ1v) is 6.27. The first kappa shape index (κ1) is 16.0. The molecule has 5 N–H and O–H groups in total. The highest BCUT2D eigenvalue weighted by molar-refractivity contribution is 4.87. The highest BCUT2D eigenvalue weighted by Gasteiger charge is 2.44. The Kier molecular flexibility index (Phi) is 5.29. The van der Waals surface area contributed by atoms with Gasteiger partial charge in [0.05, 0.1) is 13.2 Å². The van der Waals surface area contributed by atoms with Crippen LogP contribution in [-0.4, -0.2) is 95.1 Å². The zero-order valence-corrected chi connectivity index (χ0v) is 10.9. The molecule has 0 unspecified atom stereocenters. The van der Waals surface area contributed by atoms with Crippen molar-refractivity contribution in [3.63, 3.8) is 0 Å². The van der Waals surface area contributed by atoms with Crippen LogP contribution in [0, 0.1) is 0 Å².